The second kappa shape index (κ2) is 10.1. The van der Waals surface area contributed by atoms with Gasteiger partial charge in [0.2, 0.25) is 0 Å². The van der Waals surface area contributed by atoms with Crippen LogP contribution >= 0.6 is 0 Å². The molecule has 0 aromatic heterocycles. The standard InChI is InChI=1S/C17H29N3O2/c1-14(2)15-6-8-16(9-7-15)22-13-11-19-17(21)18-10-5-12-20(3)4/h6-9,14H,5,10-13H2,1-4H3,(H2,18,19,21). The summed E-state index contributed by atoms with van der Waals surface area (Å²) in [6.45, 7) is 6.93. The van der Waals surface area contributed by atoms with E-state index in [4.69, 9.17) is 4.74 Å². The van der Waals surface area contributed by atoms with Crippen molar-refractivity contribution in [2.24, 2.45) is 0 Å². The quantitative estimate of drug-likeness (QED) is 0.689. The van der Waals surface area contributed by atoms with Crippen LogP contribution in [-0.2, 0) is 0 Å². The van der Waals surface area contributed by atoms with Gasteiger partial charge < -0.3 is 20.3 Å². The van der Waals surface area contributed by atoms with Gasteiger partial charge in [0.05, 0.1) is 6.54 Å². The first-order valence-corrected chi connectivity index (χ1v) is 7.88. The molecule has 0 aliphatic heterocycles. The largest absolute Gasteiger partial charge is 0.492 e. The van der Waals surface area contributed by atoms with Crippen LogP contribution in [0.2, 0.25) is 0 Å². The molecule has 0 radical (unpaired) electrons. The molecule has 1 aromatic carbocycles. The highest BCUT2D eigenvalue weighted by molar-refractivity contribution is 5.73. The van der Waals surface area contributed by atoms with Crippen LogP contribution in [-0.4, -0.2) is 51.3 Å². The van der Waals surface area contributed by atoms with Crippen LogP contribution in [0, 0.1) is 0 Å². The van der Waals surface area contributed by atoms with E-state index in [1.807, 2.05) is 26.2 Å². The molecule has 0 spiro atoms. The molecule has 0 aliphatic rings. The van der Waals surface area contributed by atoms with Gasteiger partial charge in [0.1, 0.15) is 12.4 Å². The smallest absolute Gasteiger partial charge is 0.314 e. The summed E-state index contributed by atoms with van der Waals surface area (Å²) < 4.78 is 5.60. The first-order chi connectivity index (χ1) is 10.5. The molecule has 0 bridgehead atoms. The molecular weight excluding hydrogens is 278 g/mol. The summed E-state index contributed by atoms with van der Waals surface area (Å²) in [5, 5.41) is 5.61. The van der Waals surface area contributed by atoms with E-state index in [1.165, 1.54) is 5.56 Å². The molecule has 124 valence electrons. The average Bonchev–Trinajstić information content (AvgIpc) is 2.48. The van der Waals surface area contributed by atoms with Gasteiger partial charge in [0.25, 0.3) is 0 Å². The lowest BCUT2D eigenvalue weighted by Gasteiger charge is -2.11. The Hall–Kier alpha value is -1.75. The molecule has 0 aliphatic carbocycles. The molecule has 0 unspecified atom stereocenters. The lowest BCUT2D eigenvalue weighted by molar-refractivity contribution is 0.236. The Balaban J connectivity index is 2.10. The average molecular weight is 307 g/mol. The highest BCUT2D eigenvalue weighted by Gasteiger charge is 2.01. The molecule has 0 saturated carbocycles. The monoisotopic (exact) mass is 307 g/mol. The van der Waals surface area contributed by atoms with Gasteiger partial charge in [-0.15, -0.1) is 0 Å². The first-order valence-electron chi connectivity index (χ1n) is 7.88. The zero-order chi connectivity index (χ0) is 16.4. The van der Waals surface area contributed by atoms with Crippen LogP contribution in [0.25, 0.3) is 0 Å². The Morgan fingerprint density at radius 2 is 1.77 bits per heavy atom. The van der Waals surface area contributed by atoms with Gasteiger partial charge in [-0.05, 0) is 50.7 Å². The van der Waals surface area contributed by atoms with Crippen molar-refractivity contribution in [3.63, 3.8) is 0 Å². The van der Waals surface area contributed by atoms with Crippen LogP contribution in [0.5, 0.6) is 5.75 Å². The molecular formula is C17H29N3O2. The van der Waals surface area contributed by atoms with E-state index in [9.17, 15) is 4.79 Å². The van der Waals surface area contributed by atoms with Gasteiger partial charge >= 0.3 is 6.03 Å². The molecule has 5 nitrogen and oxygen atoms in total. The van der Waals surface area contributed by atoms with Gasteiger partial charge in [-0.1, -0.05) is 26.0 Å². The van der Waals surface area contributed by atoms with Crippen molar-refractivity contribution >= 4 is 6.03 Å². The van der Waals surface area contributed by atoms with Crippen LogP contribution < -0.4 is 15.4 Å². The molecule has 22 heavy (non-hydrogen) atoms. The van der Waals surface area contributed by atoms with E-state index in [1.54, 1.807) is 0 Å². The maximum atomic E-state index is 11.5. The number of amides is 2. The van der Waals surface area contributed by atoms with E-state index >= 15 is 0 Å². The predicted octanol–water partition coefficient (Wildman–Crippen LogP) is 2.44. The minimum atomic E-state index is -0.141. The highest BCUT2D eigenvalue weighted by Crippen LogP contribution is 2.18. The second-order valence-corrected chi connectivity index (χ2v) is 5.91. The van der Waals surface area contributed by atoms with E-state index in [2.05, 4.69) is 41.5 Å². The number of hydrogen-bond donors (Lipinski definition) is 2. The molecule has 0 heterocycles. The Bertz CT molecular complexity index is 430. The SMILES string of the molecule is CC(C)c1ccc(OCCNC(=O)NCCCN(C)C)cc1. The summed E-state index contributed by atoms with van der Waals surface area (Å²) in [6.07, 6.45) is 0.944. The fourth-order valence-electron chi connectivity index (χ4n) is 1.94. The zero-order valence-corrected chi connectivity index (χ0v) is 14.2. The number of benzene rings is 1. The van der Waals surface area contributed by atoms with Crippen molar-refractivity contribution in [2.75, 3.05) is 40.3 Å². The van der Waals surface area contributed by atoms with Crippen molar-refractivity contribution in [3.8, 4) is 5.75 Å². The fraction of sp³-hybridized carbons (Fsp3) is 0.588. The highest BCUT2D eigenvalue weighted by atomic mass is 16.5. The van der Waals surface area contributed by atoms with E-state index in [-0.39, 0.29) is 6.03 Å². The molecule has 0 fully saturated rings. The molecule has 1 aromatic rings. The third-order valence-corrected chi connectivity index (χ3v) is 3.27. The minimum Gasteiger partial charge on any atom is -0.492 e. The Labute approximate surface area is 134 Å². The topological polar surface area (TPSA) is 53.6 Å². The Morgan fingerprint density at radius 3 is 2.36 bits per heavy atom. The lowest BCUT2D eigenvalue weighted by atomic mass is 10.0. The van der Waals surface area contributed by atoms with E-state index in [0.717, 1.165) is 18.7 Å². The van der Waals surface area contributed by atoms with Gasteiger partial charge in [-0.3, -0.25) is 0 Å². The van der Waals surface area contributed by atoms with Gasteiger partial charge in [0.15, 0.2) is 0 Å². The second-order valence-electron chi connectivity index (χ2n) is 5.91. The minimum absolute atomic E-state index is 0.141. The summed E-state index contributed by atoms with van der Waals surface area (Å²) in [5.74, 6) is 1.35. The van der Waals surface area contributed by atoms with Crippen molar-refractivity contribution in [3.05, 3.63) is 29.8 Å². The molecule has 0 saturated heterocycles. The number of carbonyl (C=O) groups excluding carboxylic acids is 1. The van der Waals surface area contributed by atoms with Gasteiger partial charge in [-0.2, -0.15) is 0 Å². The van der Waals surface area contributed by atoms with Crippen molar-refractivity contribution in [1.82, 2.24) is 15.5 Å². The summed E-state index contributed by atoms with van der Waals surface area (Å²) in [6, 6.07) is 7.95. The molecule has 2 N–H and O–H groups in total. The number of carbonyl (C=O) groups is 1. The van der Waals surface area contributed by atoms with E-state index < -0.39 is 0 Å². The Kier molecular flexibility index (Phi) is 8.36. The molecule has 2 amide bonds. The predicted molar refractivity (Wildman–Crippen MR) is 90.6 cm³/mol. The number of nitrogens with one attached hydrogen (secondary N) is 2. The molecule has 0 atom stereocenters. The molecule has 1 rings (SSSR count). The van der Waals surface area contributed by atoms with Crippen LogP contribution in [0.1, 0.15) is 31.7 Å². The third-order valence-electron chi connectivity index (χ3n) is 3.27. The first kappa shape index (κ1) is 18.3. The maximum Gasteiger partial charge on any atom is 0.314 e. The van der Waals surface area contributed by atoms with Crippen LogP contribution in [0.4, 0.5) is 4.79 Å². The number of ether oxygens (including phenoxy) is 1. The van der Waals surface area contributed by atoms with E-state index in [0.29, 0.717) is 25.6 Å². The zero-order valence-electron chi connectivity index (χ0n) is 14.2. The number of nitrogens with zero attached hydrogens (tertiary/aromatic N) is 1. The van der Waals surface area contributed by atoms with Crippen LogP contribution in [0.15, 0.2) is 24.3 Å². The van der Waals surface area contributed by atoms with Crippen molar-refractivity contribution in [1.29, 1.82) is 0 Å². The van der Waals surface area contributed by atoms with Crippen molar-refractivity contribution in [2.45, 2.75) is 26.2 Å². The number of hydrogen-bond acceptors (Lipinski definition) is 3. The van der Waals surface area contributed by atoms with Gasteiger partial charge in [-0.25, -0.2) is 4.79 Å². The summed E-state index contributed by atoms with van der Waals surface area (Å²) in [7, 11) is 4.04. The normalized spacial score (nSPS) is 10.8. The van der Waals surface area contributed by atoms with Crippen LogP contribution in [0.3, 0.4) is 0 Å². The van der Waals surface area contributed by atoms with Crippen molar-refractivity contribution < 1.29 is 9.53 Å². The number of rotatable bonds is 9. The summed E-state index contributed by atoms with van der Waals surface area (Å²) in [5.41, 5.74) is 1.29. The van der Waals surface area contributed by atoms with Gasteiger partial charge in [0, 0.05) is 6.54 Å². The summed E-state index contributed by atoms with van der Waals surface area (Å²) >= 11 is 0. The third kappa shape index (κ3) is 7.88. The maximum absolute atomic E-state index is 11.5. The lowest BCUT2D eigenvalue weighted by Crippen LogP contribution is -2.38. The Morgan fingerprint density at radius 1 is 1.14 bits per heavy atom. The fourth-order valence-corrected chi connectivity index (χ4v) is 1.94. The summed E-state index contributed by atoms with van der Waals surface area (Å²) in [4.78, 5) is 13.6. The molecule has 5 heteroatoms. The number of urea groups is 1.